The van der Waals surface area contributed by atoms with Crippen LogP contribution in [0.4, 0.5) is 5.69 Å². The molecule has 0 bridgehead atoms. The van der Waals surface area contributed by atoms with Gasteiger partial charge in [-0.15, -0.1) is 0 Å². The van der Waals surface area contributed by atoms with Crippen molar-refractivity contribution in [2.45, 2.75) is 71.0 Å². The monoisotopic (exact) mass is 478 g/mol. The molecule has 2 aliphatic heterocycles. The van der Waals surface area contributed by atoms with Gasteiger partial charge in [0, 0.05) is 69.5 Å². The number of nitrogens with zero attached hydrogens (tertiary/aromatic N) is 3. The summed E-state index contributed by atoms with van der Waals surface area (Å²) >= 11 is 0. The lowest BCUT2D eigenvalue weighted by molar-refractivity contribution is -0.116. The largest absolute Gasteiger partial charge is 0.381 e. The maximum Gasteiger partial charge on any atom is 0.251 e. The number of carbonyl (C=O) groups excluding carboxylic acids is 2. The Labute approximate surface area is 208 Å². The number of amides is 2. The molecule has 188 valence electrons. The smallest absolute Gasteiger partial charge is 0.251 e. The van der Waals surface area contributed by atoms with Crippen LogP contribution in [0.15, 0.2) is 42.7 Å². The quantitative estimate of drug-likeness (QED) is 0.709. The van der Waals surface area contributed by atoms with Crippen molar-refractivity contribution in [3.05, 3.63) is 59.4 Å². The molecule has 1 N–H and O–H groups in total. The summed E-state index contributed by atoms with van der Waals surface area (Å²) in [7, 11) is 0. The maximum atomic E-state index is 13.0. The van der Waals surface area contributed by atoms with Crippen molar-refractivity contribution >= 4 is 17.5 Å². The number of rotatable bonds is 4. The number of hydrogen-bond donors (Lipinski definition) is 1. The zero-order valence-electron chi connectivity index (χ0n) is 20.9. The molecule has 2 aromatic rings. The zero-order chi connectivity index (χ0) is 24.5. The molecule has 0 saturated carbocycles. The van der Waals surface area contributed by atoms with Gasteiger partial charge in [0.2, 0.25) is 5.91 Å². The van der Waals surface area contributed by atoms with Gasteiger partial charge in [-0.3, -0.25) is 19.5 Å². The van der Waals surface area contributed by atoms with Crippen LogP contribution in [0.1, 0.15) is 73.4 Å². The third kappa shape index (κ3) is 7.12. The fraction of sp³-hybridized carbons (Fsp3) is 0.536. The Kier molecular flexibility index (Phi) is 9.26. The first-order valence-electron chi connectivity index (χ1n) is 13.0. The van der Waals surface area contributed by atoms with Crippen molar-refractivity contribution in [1.82, 2.24) is 15.2 Å². The Balaban J connectivity index is 1.61. The maximum absolute atomic E-state index is 13.0. The van der Waals surface area contributed by atoms with Crippen LogP contribution < -0.4 is 10.2 Å². The van der Waals surface area contributed by atoms with Gasteiger partial charge < -0.3 is 15.0 Å². The number of aromatic nitrogens is 1. The van der Waals surface area contributed by atoms with Gasteiger partial charge in [-0.2, -0.15) is 0 Å². The van der Waals surface area contributed by atoms with Crippen molar-refractivity contribution < 1.29 is 14.3 Å². The highest BCUT2D eigenvalue weighted by atomic mass is 16.5. The number of ether oxygens (including phenoxy) is 1. The molecule has 0 unspecified atom stereocenters. The van der Waals surface area contributed by atoms with Gasteiger partial charge in [0.1, 0.15) is 0 Å². The summed E-state index contributed by atoms with van der Waals surface area (Å²) in [6, 6.07) is 10.1. The zero-order valence-corrected chi connectivity index (χ0v) is 20.9. The molecule has 0 atom stereocenters. The van der Waals surface area contributed by atoms with Crippen LogP contribution in [0.3, 0.4) is 0 Å². The summed E-state index contributed by atoms with van der Waals surface area (Å²) in [6.07, 6.45) is 11.2. The third-order valence-electron chi connectivity index (χ3n) is 7.12. The van der Waals surface area contributed by atoms with E-state index in [2.05, 4.69) is 15.2 Å². The second-order valence-electron chi connectivity index (χ2n) is 9.63. The highest BCUT2D eigenvalue weighted by Crippen LogP contribution is 2.28. The first-order valence-corrected chi connectivity index (χ1v) is 13.0. The summed E-state index contributed by atoms with van der Waals surface area (Å²) in [6.45, 7) is 6.16. The molecule has 2 aliphatic rings. The third-order valence-corrected chi connectivity index (χ3v) is 7.12. The molecular formula is C28H38N4O3. The summed E-state index contributed by atoms with van der Waals surface area (Å²) in [4.78, 5) is 34.2. The first kappa shape index (κ1) is 25.3. The molecule has 1 aromatic heterocycles. The fourth-order valence-corrected chi connectivity index (χ4v) is 5.12. The van der Waals surface area contributed by atoms with Crippen LogP contribution in [-0.2, 0) is 22.6 Å². The van der Waals surface area contributed by atoms with Gasteiger partial charge in [-0.05, 0) is 73.7 Å². The minimum absolute atomic E-state index is 0.0517. The topological polar surface area (TPSA) is 74.8 Å². The molecular weight excluding hydrogens is 440 g/mol. The van der Waals surface area contributed by atoms with Gasteiger partial charge in [-0.25, -0.2) is 0 Å². The molecule has 7 nitrogen and oxygen atoms in total. The predicted octanol–water partition coefficient (Wildman–Crippen LogP) is 4.31. The Morgan fingerprint density at radius 2 is 1.71 bits per heavy atom. The van der Waals surface area contributed by atoms with Crippen LogP contribution in [0.25, 0.3) is 0 Å². The molecule has 1 aromatic carbocycles. The van der Waals surface area contributed by atoms with Crippen LogP contribution >= 0.6 is 0 Å². The molecule has 4 rings (SSSR count). The van der Waals surface area contributed by atoms with E-state index in [-0.39, 0.29) is 11.8 Å². The highest BCUT2D eigenvalue weighted by Gasteiger charge is 2.25. The molecule has 1 saturated heterocycles. The van der Waals surface area contributed by atoms with E-state index in [1.54, 1.807) is 19.3 Å². The minimum atomic E-state index is -0.109. The van der Waals surface area contributed by atoms with Gasteiger partial charge in [-0.1, -0.05) is 19.3 Å². The minimum Gasteiger partial charge on any atom is -0.381 e. The molecule has 0 aliphatic carbocycles. The van der Waals surface area contributed by atoms with E-state index in [0.717, 1.165) is 68.8 Å². The van der Waals surface area contributed by atoms with E-state index in [1.807, 2.05) is 35.2 Å². The van der Waals surface area contributed by atoms with E-state index in [9.17, 15) is 9.59 Å². The van der Waals surface area contributed by atoms with Crippen molar-refractivity contribution in [2.24, 2.45) is 0 Å². The lowest BCUT2D eigenvalue weighted by Crippen LogP contribution is -2.40. The summed E-state index contributed by atoms with van der Waals surface area (Å²) in [5.41, 5.74) is 3.61. The molecule has 35 heavy (non-hydrogen) atoms. The van der Waals surface area contributed by atoms with Crippen molar-refractivity contribution in [1.29, 1.82) is 0 Å². The summed E-state index contributed by atoms with van der Waals surface area (Å²) in [5, 5.41) is 3.02. The predicted molar refractivity (Wildman–Crippen MR) is 137 cm³/mol. The van der Waals surface area contributed by atoms with Gasteiger partial charge >= 0.3 is 0 Å². The molecule has 0 radical (unpaired) electrons. The normalized spacial score (nSPS) is 18.7. The van der Waals surface area contributed by atoms with Crippen LogP contribution in [0, 0.1) is 0 Å². The van der Waals surface area contributed by atoms with Crippen molar-refractivity contribution in [3.63, 3.8) is 0 Å². The van der Waals surface area contributed by atoms with Gasteiger partial charge in [0.05, 0.1) is 0 Å². The SMILES string of the molecule is CC(=O)N1CCCCCCCN(C2CCOCC2)Cc2cc(C(=O)NCc3ccncc3)ccc21. The lowest BCUT2D eigenvalue weighted by Gasteiger charge is -2.36. The van der Waals surface area contributed by atoms with Gasteiger partial charge in [0.15, 0.2) is 0 Å². The number of pyridine rings is 1. The Hall–Kier alpha value is -2.77. The van der Waals surface area contributed by atoms with Crippen molar-refractivity contribution in [3.8, 4) is 0 Å². The molecule has 0 spiro atoms. The number of anilines is 1. The number of benzene rings is 1. The molecule has 1 fully saturated rings. The van der Waals surface area contributed by atoms with Crippen LogP contribution in [-0.4, -0.2) is 54.0 Å². The number of fused-ring (bicyclic) bond motifs is 1. The Bertz CT molecular complexity index is 975. The Morgan fingerprint density at radius 1 is 1.00 bits per heavy atom. The highest BCUT2D eigenvalue weighted by molar-refractivity contribution is 5.97. The number of hydrogen-bond acceptors (Lipinski definition) is 5. The standard InChI is InChI=1S/C28H38N4O3/c1-22(33)32-16-6-4-2-3-5-15-31(26-11-17-35-18-12-26)21-25-19-24(7-8-27(25)32)28(34)30-20-23-9-13-29-14-10-23/h7-10,13-14,19,26H,2-6,11-12,15-18,20-21H2,1H3,(H,30,34). The Morgan fingerprint density at radius 3 is 2.46 bits per heavy atom. The van der Waals surface area contributed by atoms with E-state index >= 15 is 0 Å². The summed E-state index contributed by atoms with van der Waals surface area (Å²) in [5.74, 6) is -0.0569. The second-order valence-corrected chi connectivity index (χ2v) is 9.63. The lowest BCUT2D eigenvalue weighted by atomic mass is 10.0. The second kappa shape index (κ2) is 12.8. The van der Waals surface area contributed by atoms with E-state index < -0.39 is 0 Å². The average molecular weight is 479 g/mol. The molecule has 2 amide bonds. The van der Waals surface area contributed by atoms with Crippen LogP contribution in [0.5, 0.6) is 0 Å². The van der Waals surface area contributed by atoms with Crippen LogP contribution in [0.2, 0.25) is 0 Å². The van der Waals surface area contributed by atoms with E-state index in [0.29, 0.717) is 24.7 Å². The first-order chi connectivity index (χ1) is 17.1. The van der Waals surface area contributed by atoms with E-state index in [1.165, 1.54) is 19.3 Å². The number of nitrogens with one attached hydrogen (secondary N) is 1. The van der Waals surface area contributed by atoms with E-state index in [4.69, 9.17) is 4.74 Å². The van der Waals surface area contributed by atoms with Crippen molar-refractivity contribution in [2.75, 3.05) is 31.2 Å². The number of carbonyl (C=O) groups is 2. The summed E-state index contributed by atoms with van der Waals surface area (Å²) < 4.78 is 5.62. The molecule has 3 heterocycles. The fourth-order valence-electron chi connectivity index (χ4n) is 5.12. The molecule has 7 heteroatoms. The average Bonchev–Trinajstić information content (AvgIpc) is 2.88. The van der Waals surface area contributed by atoms with Gasteiger partial charge in [0.25, 0.3) is 5.91 Å².